The SMILES string of the molecule is CCn1c2ccccc2c2ccc(C(=O)CC(=O)C(F)(F)F)cc21. The van der Waals surface area contributed by atoms with Crippen LogP contribution >= 0.6 is 0 Å². The molecule has 1 heterocycles. The van der Waals surface area contributed by atoms with E-state index in [1.807, 2.05) is 35.8 Å². The number of rotatable bonds is 4. The molecule has 0 atom stereocenters. The number of ketones is 2. The summed E-state index contributed by atoms with van der Waals surface area (Å²) in [6.45, 7) is 2.61. The van der Waals surface area contributed by atoms with E-state index in [-0.39, 0.29) is 5.56 Å². The maximum absolute atomic E-state index is 12.3. The van der Waals surface area contributed by atoms with Gasteiger partial charge in [-0.15, -0.1) is 0 Å². The first-order valence-corrected chi connectivity index (χ1v) is 7.47. The van der Waals surface area contributed by atoms with Crippen LogP contribution in [0.1, 0.15) is 23.7 Å². The number of hydrogen-bond donors (Lipinski definition) is 0. The minimum absolute atomic E-state index is 0.109. The average Bonchev–Trinajstić information content (AvgIpc) is 2.86. The van der Waals surface area contributed by atoms with Crippen molar-refractivity contribution >= 4 is 33.4 Å². The Morgan fingerprint density at radius 2 is 1.67 bits per heavy atom. The fourth-order valence-electron chi connectivity index (χ4n) is 2.91. The highest BCUT2D eigenvalue weighted by molar-refractivity contribution is 6.13. The molecule has 3 rings (SSSR count). The van der Waals surface area contributed by atoms with E-state index in [0.717, 1.165) is 21.8 Å². The van der Waals surface area contributed by atoms with Crippen molar-refractivity contribution < 1.29 is 22.8 Å². The molecule has 24 heavy (non-hydrogen) atoms. The number of benzene rings is 2. The highest BCUT2D eigenvalue weighted by Crippen LogP contribution is 2.30. The van der Waals surface area contributed by atoms with Crippen molar-refractivity contribution in [3.63, 3.8) is 0 Å². The van der Waals surface area contributed by atoms with Gasteiger partial charge in [-0.05, 0) is 19.1 Å². The number of halogens is 3. The van der Waals surface area contributed by atoms with Crippen molar-refractivity contribution in [2.75, 3.05) is 0 Å². The molecule has 6 heteroatoms. The summed E-state index contributed by atoms with van der Waals surface area (Å²) in [5.74, 6) is -2.85. The van der Waals surface area contributed by atoms with Gasteiger partial charge in [-0.3, -0.25) is 9.59 Å². The summed E-state index contributed by atoms with van der Waals surface area (Å²) < 4.78 is 39.0. The molecule has 0 N–H and O–H groups in total. The quantitative estimate of drug-likeness (QED) is 0.520. The molecule has 0 fully saturated rings. The molecule has 0 radical (unpaired) electrons. The molecule has 0 spiro atoms. The summed E-state index contributed by atoms with van der Waals surface area (Å²) in [6, 6.07) is 12.5. The Balaban J connectivity index is 2.07. The van der Waals surface area contributed by atoms with Crippen molar-refractivity contribution in [1.82, 2.24) is 4.57 Å². The van der Waals surface area contributed by atoms with Gasteiger partial charge >= 0.3 is 6.18 Å². The van der Waals surface area contributed by atoms with Crippen LogP contribution < -0.4 is 0 Å². The van der Waals surface area contributed by atoms with Crippen LogP contribution in [-0.4, -0.2) is 22.3 Å². The number of alkyl halides is 3. The second-order valence-corrected chi connectivity index (χ2v) is 5.51. The lowest BCUT2D eigenvalue weighted by atomic mass is 10.0. The predicted molar refractivity (Wildman–Crippen MR) is 85.1 cm³/mol. The summed E-state index contributed by atoms with van der Waals surface area (Å²) in [4.78, 5) is 23.1. The highest BCUT2D eigenvalue weighted by Gasteiger charge is 2.39. The Labute approximate surface area is 135 Å². The molecule has 2 aromatic carbocycles. The van der Waals surface area contributed by atoms with Crippen LogP contribution in [0.3, 0.4) is 0 Å². The summed E-state index contributed by atoms with van der Waals surface area (Å²) in [5.41, 5.74) is 1.87. The third-order valence-corrected chi connectivity index (χ3v) is 4.05. The van der Waals surface area contributed by atoms with Gasteiger partial charge in [-0.25, -0.2) is 0 Å². The number of fused-ring (bicyclic) bond motifs is 3. The smallest absolute Gasteiger partial charge is 0.341 e. The Bertz CT molecular complexity index is 954. The Kier molecular flexibility index (Phi) is 3.91. The van der Waals surface area contributed by atoms with E-state index < -0.39 is 24.2 Å². The number of aromatic nitrogens is 1. The van der Waals surface area contributed by atoms with Gasteiger partial charge in [0.1, 0.15) is 0 Å². The normalized spacial score (nSPS) is 12.0. The van der Waals surface area contributed by atoms with E-state index in [9.17, 15) is 22.8 Å². The van der Waals surface area contributed by atoms with E-state index in [1.165, 1.54) is 6.07 Å². The van der Waals surface area contributed by atoms with Gasteiger partial charge in [0.25, 0.3) is 0 Å². The van der Waals surface area contributed by atoms with Gasteiger partial charge < -0.3 is 4.57 Å². The van der Waals surface area contributed by atoms with Gasteiger partial charge in [-0.2, -0.15) is 13.2 Å². The lowest BCUT2D eigenvalue weighted by molar-refractivity contribution is -0.170. The standard InChI is InChI=1S/C18H14F3NO2/c1-2-22-14-6-4-3-5-12(14)13-8-7-11(9-15(13)22)16(23)10-17(24)18(19,20)21/h3-9H,2,10H2,1H3. The van der Waals surface area contributed by atoms with E-state index in [1.54, 1.807) is 12.1 Å². The molecule has 0 saturated carbocycles. The summed E-state index contributed by atoms with van der Waals surface area (Å²) in [7, 11) is 0. The Hall–Kier alpha value is -2.63. The van der Waals surface area contributed by atoms with Crippen LogP contribution in [-0.2, 0) is 11.3 Å². The van der Waals surface area contributed by atoms with Crippen molar-refractivity contribution in [3.8, 4) is 0 Å². The van der Waals surface area contributed by atoms with Crippen LogP contribution in [0.2, 0.25) is 0 Å². The van der Waals surface area contributed by atoms with Crippen molar-refractivity contribution in [2.24, 2.45) is 0 Å². The fourth-order valence-corrected chi connectivity index (χ4v) is 2.91. The highest BCUT2D eigenvalue weighted by atomic mass is 19.4. The van der Waals surface area contributed by atoms with E-state index >= 15 is 0 Å². The van der Waals surface area contributed by atoms with Crippen molar-refractivity contribution in [2.45, 2.75) is 26.1 Å². The van der Waals surface area contributed by atoms with E-state index in [2.05, 4.69) is 0 Å². The third-order valence-electron chi connectivity index (χ3n) is 4.05. The number of hydrogen-bond acceptors (Lipinski definition) is 2. The first-order valence-electron chi connectivity index (χ1n) is 7.47. The number of para-hydroxylation sites is 1. The number of Topliss-reactive ketones (excluding diaryl/α,β-unsaturated/α-hetero) is 2. The third kappa shape index (κ3) is 2.68. The zero-order chi connectivity index (χ0) is 17.5. The molecule has 3 aromatic rings. The number of aryl methyl sites for hydroxylation is 1. The summed E-state index contributed by atoms with van der Waals surface area (Å²) in [6.07, 6.45) is -6.15. The fraction of sp³-hybridized carbons (Fsp3) is 0.222. The van der Waals surface area contributed by atoms with Gasteiger partial charge in [0.15, 0.2) is 5.78 Å². The van der Waals surface area contributed by atoms with E-state index in [0.29, 0.717) is 6.54 Å². The molecule has 124 valence electrons. The summed E-state index contributed by atoms with van der Waals surface area (Å²) in [5, 5.41) is 1.94. The first kappa shape index (κ1) is 16.2. The molecule has 0 bridgehead atoms. The van der Waals surface area contributed by atoms with E-state index in [4.69, 9.17) is 0 Å². The van der Waals surface area contributed by atoms with Gasteiger partial charge in [0, 0.05) is 33.9 Å². The zero-order valence-corrected chi connectivity index (χ0v) is 12.9. The molecule has 0 unspecified atom stereocenters. The second kappa shape index (κ2) is 5.78. The van der Waals surface area contributed by atoms with Crippen LogP contribution in [0.15, 0.2) is 42.5 Å². The minimum atomic E-state index is -4.99. The largest absolute Gasteiger partial charge is 0.450 e. The topological polar surface area (TPSA) is 39.1 Å². The van der Waals surface area contributed by atoms with Gasteiger partial charge in [-0.1, -0.05) is 30.3 Å². The zero-order valence-electron chi connectivity index (χ0n) is 12.9. The molecular weight excluding hydrogens is 319 g/mol. The van der Waals surface area contributed by atoms with Crippen molar-refractivity contribution in [3.05, 3.63) is 48.0 Å². The van der Waals surface area contributed by atoms with Crippen LogP contribution in [0, 0.1) is 0 Å². The average molecular weight is 333 g/mol. The molecule has 1 aromatic heterocycles. The first-order chi connectivity index (χ1) is 11.3. The molecule has 0 aliphatic rings. The Morgan fingerprint density at radius 1 is 1.00 bits per heavy atom. The number of carbonyl (C=O) groups excluding carboxylic acids is 2. The maximum Gasteiger partial charge on any atom is 0.450 e. The summed E-state index contributed by atoms with van der Waals surface area (Å²) >= 11 is 0. The van der Waals surface area contributed by atoms with Crippen LogP contribution in [0.4, 0.5) is 13.2 Å². The van der Waals surface area contributed by atoms with Crippen LogP contribution in [0.25, 0.3) is 21.8 Å². The minimum Gasteiger partial charge on any atom is -0.341 e. The maximum atomic E-state index is 12.3. The lowest BCUT2D eigenvalue weighted by Gasteiger charge is -2.06. The monoisotopic (exact) mass is 333 g/mol. The second-order valence-electron chi connectivity index (χ2n) is 5.51. The molecule has 0 amide bonds. The Morgan fingerprint density at radius 3 is 2.33 bits per heavy atom. The van der Waals surface area contributed by atoms with Gasteiger partial charge in [0.05, 0.1) is 6.42 Å². The number of nitrogens with zero attached hydrogens (tertiary/aromatic N) is 1. The van der Waals surface area contributed by atoms with Crippen molar-refractivity contribution in [1.29, 1.82) is 0 Å². The molecule has 0 aliphatic carbocycles. The lowest BCUT2D eigenvalue weighted by Crippen LogP contribution is -2.25. The molecule has 3 nitrogen and oxygen atoms in total. The van der Waals surface area contributed by atoms with Gasteiger partial charge in [0.2, 0.25) is 5.78 Å². The molecule has 0 aliphatic heterocycles. The number of carbonyl (C=O) groups is 2. The predicted octanol–water partition coefficient (Wildman–Crippen LogP) is 4.52. The molecular formula is C18H14F3NO2. The van der Waals surface area contributed by atoms with Crippen LogP contribution in [0.5, 0.6) is 0 Å². The molecule has 0 saturated heterocycles.